The summed E-state index contributed by atoms with van der Waals surface area (Å²) in [4.78, 5) is 0. The normalized spacial score (nSPS) is 26.7. The van der Waals surface area contributed by atoms with Crippen molar-refractivity contribution in [3.05, 3.63) is 35.6 Å². The largest absolute Gasteiger partial charge is 0.389 e. The van der Waals surface area contributed by atoms with Crippen molar-refractivity contribution >= 4 is 11.8 Å². The Morgan fingerprint density at radius 1 is 1.50 bits per heavy atom. The fourth-order valence-electron chi connectivity index (χ4n) is 1.76. The highest BCUT2D eigenvalue weighted by Crippen LogP contribution is 2.30. The standard InChI is InChI=1S/C11H13FOS/c12-10-3-1-2-9(6-10)7-11(13)4-5-14-8-11/h1-3,6,13H,4-5,7-8H2. The molecule has 3 heteroatoms. The summed E-state index contributed by atoms with van der Waals surface area (Å²) >= 11 is 1.76. The van der Waals surface area contributed by atoms with Crippen LogP contribution in [-0.2, 0) is 6.42 Å². The van der Waals surface area contributed by atoms with Gasteiger partial charge in [0.05, 0.1) is 5.60 Å². The molecule has 1 aromatic carbocycles. The zero-order valence-corrected chi connectivity index (χ0v) is 8.69. The molecule has 1 unspecified atom stereocenters. The number of hydrogen-bond donors (Lipinski definition) is 1. The van der Waals surface area contributed by atoms with Crippen molar-refractivity contribution in [1.82, 2.24) is 0 Å². The van der Waals surface area contributed by atoms with E-state index in [1.165, 1.54) is 12.1 Å². The maximum absolute atomic E-state index is 12.9. The van der Waals surface area contributed by atoms with Gasteiger partial charge < -0.3 is 5.11 Å². The first-order valence-corrected chi connectivity index (χ1v) is 5.88. The fraction of sp³-hybridized carbons (Fsp3) is 0.455. The lowest BCUT2D eigenvalue weighted by Gasteiger charge is -2.20. The molecule has 1 atom stereocenters. The van der Waals surface area contributed by atoms with Crippen LogP contribution in [0.2, 0.25) is 0 Å². The van der Waals surface area contributed by atoms with E-state index in [-0.39, 0.29) is 5.82 Å². The number of benzene rings is 1. The Morgan fingerprint density at radius 2 is 2.36 bits per heavy atom. The third-order valence-electron chi connectivity index (χ3n) is 2.50. The van der Waals surface area contributed by atoms with Crippen LogP contribution in [-0.4, -0.2) is 22.2 Å². The number of hydrogen-bond acceptors (Lipinski definition) is 2. The summed E-state index contributed by atoms with van der Waals surface area (Å²) in [7, 11) is 0. The van der Waals surface area contributed by atoms with Crippen molar-refractivity contribution in [2.24, 2.45) is 0 Å². The van der Waals surface area contributed by atoms with Gasteiger partial charge in [-0.25, -0.2) is 4.39 Å². The number of aliphatic hydroxyl groups is 1. The zero-order valence-electron chi connectivity index (χ0n) is 7.87. The zero-order chi connectivity index (χ0) is 10.0. The molecular weight excluding hydrogens is 199 g/mol. The van der Waals surface area contributed by atoms with E-state index in [4.69, 9.17) is 0 Å². The van der Waals surface area contributed by atoms with Gasteiger partial charge in [-0.15, -0.1) is 0 Å². The van der Waals surface area contributed by atoms with Crippen LogP contribution < -0.4 is 0 Å². The third kappa shape index (κ3) is 2.28. The van der Waals surface area contributed by atoms with Gasteiger partial charge in [0.1, 0.15) is 5.82 Å². The van der Waals surface area contributed by atoms with Gasteiger partial charge in [-0.1, -0.05) is 12.1 Å². The van der Waals surface area contributed by atoms with E-state index >= 15 is 0 Å². The maximum Gasteiger partial charge on any atom is 0.123 e. The minimum absolute atomic E-state index is 0.225. The first kappa shape index (κ1) is 9.99. The van der Waals surface area contributed by atoms with Crippen LogP contribution in [0.25, 0.3) is 0 Å². The molecule has 0 aromatic heterocycles. The van der Waals surface area contributed by atoms with Gasteiger partial charge in [-0.05, 0) is 29.9 Å². The second-order valence-corrected chi connectivity index (χ2v) is 4.94. The van der Waals surface area contributed by atoms with E-state index in [0.717, 1.165) is 23.5 Å². The number of rotatable bonds is 2. The molecule has 2 rings (SSSR count). The van der Waals surface area contributed by atoms with Crippen molar-refractivity contribution in [2.45, 2.75) is 18.4 Å². The third-order valence-corrected chi connectivity index (χ3v) is 3.74. The monoisotopic (exact) mass is 212 g/mol. The van der Waals surface area contributed by atoms with Crippen LogP contribution in [0.4, 0.5) is 4.39 Å². The Kier molecular flexibility index (Phi) is 2.79. The molecule has 1 fully saturated rings. The van der Waals surface area contributed by atoms with E-state index in [2.05, 4.69) is 0 Å². The molecule has 0 amide bonds. The van der Waals surface area contributed by atoms with Crippen molar-refractivity contribution in [2.75, 3.05) is 11.5 Å². The van der Waals surface area contributed by atoms with E-state index in [9.17, 15) is 9.50 Å². The molecule has 0 saturated carbocycles. The Hall–Kier alpha value is -0.540. The second kappa shape index (κ2) is 3.91. The molecule has 1 aromatic rings. The first-order chi connectivity index (χ1) is 6.68. The van der Waals surface area contributed by atoms with Gasteiger partial charge in [0, 0.05) is 12.2 Å². The Balaban J connectivity index is 2.10. The van der Waals surface area contributed by atoms with Crippen LogP contribution in [0.1, 0.15) is 12.0 Å². The summed E-state index contributed by atoms with van der Waals surface area (Å²) in [6.45, 7) is 0. The van der Waals surface area contributed by atoms with Gasteiger partial charge in [0.25, 0.3) is 0 Å². The highest BCUT2D eigenvalue weighted by Gasteiger charge is 2.31. The van der Waals surface area contributed by atoms with Crippen molar-refractivity contribution in [3.8, 4) is 0 Å². The highest BCUT2D eigenvalue weighted by atomic mass is 32.2. The lowest BCUT2D eigenvalue weighted by atomic mass is 9.94. The number of thioether (sulfide) groups is 1. The van der Waals surface area contributed by atoms with E-state index in [0.29, 0.717) is 6.42 Å². The van der Waals surface area contributed by atoms with Crippen LogP contribution in [0, 0.1) is 5.82 Å². The topological polar surface area (TPSA) is 20.2 Å². The van der Waals surface area contributed by atoms with Gasteiger partial charge in [0.15, 0.2) is 0 Å². The van der Waals surface area contributed by atoms with Crippen molar-refractivity contribution < 1.29 is 9.50 Å². The average molecular weight is 212 g/mol. The van der Waals surface area contributed by atoms with Crippen LogP contribution in [0.5, 0.6) is 0 Å². The summed E-state index contributed by atoms with van der Waals surface area (Å²) in [6, 6.07) is 6.48. The van der Waals surface area contributed by atoms with Gasteiger partial charge in [0.2, 0.25) is 0 Å². The SMILES string of the molecule is OC1(Cc2cccc(F)c2)CCSC1. The van der Waals surface area contributed by atoms with Crippen LogP contribution in [0.15, 0.2) is 24.3 Å². The first-order valence-electron chi connectivity index (χ1n) is 4.73. The number of halogens is 1. The summed E-state index contributed by atoms with van der Waals surface area (Å²) in [5.41, 5.74) is 0.272. The van der Waals surface area contributed by atoms with Crippen LogP contribution in [0.3, 0.4) is 0 Å². The summed E-state index contributed by atoms with van der Waals surface area (Å²) < 4.78 is 12.9. The molecule has 1 heterocycles. The smallest absolute Gasteiger partial charge is 0.123 e. The van der Waals surface area contributed by atoms with Crippen molar-refractivity contribution in [3.63, 3.8) is 0 Å². The molecule has 76 valence electrons. The van der Waals surface area contributed by atoms with Crippen LogP contribution >= 0.6 is 11.8 Å². The Labute approximate surface area is 87.3 Å². The summed E-state index contributed by atoms with van der Waals surface area (Å²) in [6.07, 6.45) is 1.38. The Bertz CT molecular complexity index is 321. The lowest BCUT2D eigenvalue weighted by Crippen LogP contribution is -2.30. The minimum atomic E-state index is -0.613. The van der Waals surface area contributed by atoms with E-state index < -0.39 is 5.60 Å². The average Bonchev–Trinajstić information content (AvgIpc) is 2.51. The summed E-state index contributed by atoms with van der Waals surface area (Å²) in [5.74, 6) is 1.55. The van der Waals surface area contributed by atoms with E-state index in [1.807, 2.05) is 6.07 Å². The quantitative estimate of drug-likeness (QED) is 0.811. The minimum Gasteiger partial charge on any atom is -0.389 e. The molecule has 1 aliphatic heterocycles. The molecule has 1 nitrogen and oxygen atoms in total. The second-order valence-electron chi connectivity index (χ2n) is 3.83. The lowest BCUT2D eigenvalue weighted by molar-refractivity contribution is 0.0686. The van der Waals surface area contributed by atoms with Gasteiger partial charge in [-0.2, -0.15) is 11.8 Å². The molecule has 0 bridgehead atoms. The predicted octanol–water partition coefficient (Wildman–Crippen LogP) is 2.24. The highest BCUT2D eigenvalue weighted by molar-refractivity contribution is 7.99. The molecule has 14 heavy (non-hydrogen) atoms. The Morgan fingerprint density at radius 3 is 3.00 bits per heavy atom. The molecular formula is C11H13FOS. The van der Waals surface area contributed by atoms with Crippen molar-refractivity contribution in [1.29, 1.82) is 0 Å². The molecule has 0 spiro atoms. The predicted molar refractivity (Wildman–Crippen MR) is 57.0 cm³/mol. The molecule has 1 saturated heterocycles. The van der Waals surface area contributed by atoms with Gasteiger partial charge in [-0.3, -0.25) is 0 Å². The van der Waals surface area contributed by atoms with E-state index in [1.54, 1.807) is 17.8 Å². The maximum atomic E-state index is 12.9. The molecule has 1 aliphatic rings. The molecule has 0 aliphatic carbocycles. The molecule has 1 N–H and O–H groups in total. The van der Waals surface area contributed by atoms with Gasteiger partial charge >= 0.3 is 0 Å². The molecule has 0 radical (unpaired) electrons. The summed E-state index contributed by atoms with van der Waals surface area (Å²) in [5, 5.41) is 10.1. The fourth-order valence-corrected chi connectivity index (χ4v) is 3.06.